The van der Waals surface area contributed by atoms with Gasteiger partial charge in [0.2, 0.25) is 0 Å². The van der Waals surface area contributed by atoms with E-state index < -0.39 is 0 Å². The Kier molecular flexibility index (Phi) is 27.9. The van der Waals surface area contributed by atoms with Crippen LogP contribution in [0.3, 0.4) is 0 Å². The summed E-state index contributed by atoms with van der Waals surface area (Å²) >= 11 is 0. The maximum atomic E-state index is 2.45. The van der Waals surface area contributed by atoms with E-state index in [1.807, 2.05) is 0 Å². The van der Waals surface area contributed by atoms with Crippen LogP contribution in [0.15, 0.2) is 24.5 Å². The van der Waals surface area contributed by atoms with Crippen molar-refractivity contribution in [2.45, 2.75) is 213 Å². The van der Waals surface area contributed by atoms with Crippen LogP contribution in [0.5, 0.6) is 0 Å². The van der Waals surface area contributed by atoms with Gasteiger partial charge in [-0.1, -0.05) is 181 Å². The topological polar surface area (TPSA) is 3.88 Å². The zero-order valence-corrected chi connectivity index (χ0v) is 27.2. The van der Waals surface area contributed by atoms with Gasteiger partial charge < -0.3 is 0 Å². The molecule has 0 N–H and O–H groups in total. The number of aromatic nitrogens is 1. The summed E-state index contributed by atoms with van der Waals surface area (Å²) in [5.74, 6) is 0. The Morgan fingerprint density at radius 2 is 0.744 bits per heavy atom. The highest BCUT2D eigenvalue weighted by atomic mass is 14.9. The quantitative estimate of drug-likeness (QED) is 0.0648. The fourth-order valence-electron chi connectivity index (χ4n) is 6.05. The van der Waals surface area contributed by atoms with Crippen molar-refractivity contribution in [2.75, 3.05) is 0 Å². The minimum Gasteiger partial charge on any atom is -0.205 e. The molecule has 0 unspecified atom stereocenters. The van der Waals surface area contributed by atoms with E-state index in [2.05, 4.69) is 42.9 Å². The largest absolute Gasteiger partial charge is 0.205 e. The highest BCUT2D eigenvalue weighted by molar-refractivity contribution is 5.05. The van der Waals surface area contributed by atoms with Gasteiger partial charge in [-0.15, -0.1) is 0 Å². The molecule has 1 aromatic rings. The summed E-state index contributed by atoms with van der Waals surface area (Å²) in [7, 11) is 0. The molecule has 0 atom stereocenters. The van der Waals surface area contributed by atoms with Crippen LogP contribution >= 0.6 is 0 Å². The van der Waals surface area contributed by atoms with Gasteiger partial charge in [0.05, 0.1) is 0 Å². The van der Waals surface area contributed by atoms with Crippen molar-refractivity contribution in [3.05, 3.63) is 30.1 Å². The predicted octanol–water partition coefficient (Wildman–Crippen LogP) is 12.9. The van der Waals surface area contributed by atoms with E-state index in [0.29, 0.717) is 0 Å². The monoisotopic (exact) mass is 543 g/mol. The molecule has 39 heavy (non-hydrogen) atoms. The lowest BCUT2D eigenvalue weighted by atomic mass is 10.0. The molecule has 0 amide bonds. The minimum atomic E-state index is 1.20. The summed E-state index contributed by atoms with van der Waals surface area (Å²) < 4.78 is 2.45. The molecule has 0 aliphatic rings. The van der Waals surface area contributed by atoms with Crippen LogP contribution in [0, 0.1) is 0 Å². The first-order valence-electron chi connectivity index (χ1n) is 18.3. The summed E-state index contributed by atoms with van der Waals surface area (Å²) in [6, 6.07) is 4.61. The van der Waals surface area contributed by atoms with Crippen LogP contribution in [0.1, 0.15) is 206 Å². The molecule has 1 aromatic heterocycles. The van der Waals surface area contributed by atoms with E-state index in [-0.39, 0.29) is 0 Å². The molecule has 1 rings (SSSR count). The molecule has 0 bridgehead atoms. The lowest BCUT2D eigenvalue weighted by Crippen LogP contribution is -2.33. The molecule has 1 heteroatoms. The van der Waals surface area contributed by atoms with Gasteiger partial charge >= 0.3 is 0 Å². The average molecular weight is 543 g/mol. The van der Waals surface area contributed by atoms with Crippen LogP contribution in [0.25, 0.3) is 0 Å². The summed E-state index contributed by atoms with van der Waals surface area (Å²) in [4.78, 5) is 0. The first kappa shape index (κ1) is 36.2. The van der Waals surface area contributed by atoms with Crippen molar-refractivity contribution < 1.29 is 4.57 Å². The van der Waals surface area contributed by atoms with E-state index in [9.17, 15) is 0 Å². The Morgan fingerprint density at radius 3 is 1.13 bits per heavy atom. The second kappa shape index (κ2) is 30.1. The van der Waals surface area contributed by atoms with Crippen LogP contribution in [-0.4, -0.2) is 0 Å². The summed E-state index contributed by atoms with van der Waals surface area (Å²) in [6.07, 6.45) is 47.8. The van der Waals surface area contributed by atoms with Gasteiger partial charge in [0.15, 0.2) is 12.4 Å². The first-order valence-corrected chi connectivity index (χ1v) is 18.3. The SMILES string of the molecule is CCCCCCCCCCCCCCCCCC[n+]1cccc(CCCCCCCCCCCCCCC)c1. The second-order valence-electron chi connectivity index (χ2n) is 12.7. The third-order valence-corrected chi connectivity index (χ3v) is 8.76. The van der Waals surface area contributed by atoms with Crippen molar-refractivity contribution in [3.63, 3.8) is 0 Å². The Hall–Kier alpha value is -0.850. The van der Waals surface area contributed by atoms with Crippen LogP contribution in [-0.2, 0) is 13.0 Å². The fourth-order valence-corrected chi connectivity index (χ4v) is 6.05. The zero-order chi connectivity index (χ0) is 27.9. The average Bonchev–Trinajstić information content (AvgIpc) is 2.95. The van der Waals surface area contributed by atoms with Crippen LogP contribution < -0.4 is 4.57 Å². The van der Waals surface area contributed by atoms with Gasteiger partial charge in [-0.2, -0.15) is 0 Å². The maximum absolute atomic E-state index is 2.45. The third-order valence-electron chi connectivity index (χ3n) is 8.76. The lowest BCUT2D eigenvalue weighted by Gasteiger charge is -2.04. The number of hydrogen-bond acceptors (Lipinski definition) is 0. The van der Waals surface area contributed by atoms with E-state index >= 15 is 0 Å². The van der Waals surface area contributed by atoms with E-state index in [0.717, 1.165) is 0 Å². The Bertz CT molecular complexity index is 594. The number of nitrogens with zero attached hydrogens (tertiary/aromatic N) is 1. The van der Waals surface area contributed by atoms with Gasteiger partial charge in [0, 0.05) is 18.1 Å². The highest BCUT2D eigenvalue weighted by Crippen LogP contribution is 2.15. The number of pyridine rings is 1. The van der Waals surface area contributed by atoms with Crippen molar-refractivity contribution in [3.8, 4) is 0 Å². The molecule has 0 radical (unpaired) electrons. The molecule has 1 nitrogen and oxygen atoms in total. The van der Waals surface area contributed by atoms with Gasteiger partial charge in [-0.3, -0.25) is 0 Å². The Balaban J connectivity index is 1.86. The maximum Gasteiger partial charge on any atom is 0.171 e. The zero-order valence-electron chi connectivity index (χ0n) is 27.2. The molecule has 0 saturated heterocycles. The van der Waals surface area contributed by atoms with Crippen molar-refractivity contribution >= 4 is 0 Å². The molecular formula is C38H72N+. The predicted molar refractivity (Wildman–Crippen MR) is 176 cm³/mol. The molecule has 0 aliphatic heterocycles. The van der Waals surface area contributed by atoms with Gasteiger partial charge in [0.25, 0.3) is 0 Å². The van der Waals surface area contributed by atoms with Gasteiger partial charge in [-0.25, -0.2) is 4.57 Å². The number of aryl methyl sites for hydroxylation is 2. The van der Waals surface area contributed by atoms with Crippen LogP contribution in [0.4, 0.5) is 0 Å². The molecule has 0 saturated carbocycles. The van der Waals surface area contributed by atoms with Crippen LogP contribution in [0.2, 0.25) is 0 Å². The normalized spacial score (nSPS) is 11.4. The molecule has 0 aromatic carbocycles. The summed E-state index contributed by atoms with van der Waals surface area (Å²) in [6.45, 7) is 5.81. The first-order chi connectivity index (χ1) is 19.4. The number of rotatable bonds is 31. The molecule has 228 valence electrons. The van der Waals surface area contributed by atoms with Crippen molar-refractivity contribution in [1.29, 1.82) is 0 Å². The number of unbranched alkanes of at least 4 members (excludes halogenated alkanes) is 27. The molecule has 0 aliphatic carbocycles. The van der Waals surface area contributed by atoms with Gasteiger partial charge in [0.1, 0.15) is 6.54 Å². The summed E-state index contributed by atoms with van der Waals surface area (Å²) in [5.41, 5.74) is 1.54. The van der Waals surface area contributed by atoms with E-state index in [1.165, 1.54) is 205 Å². The Morgan fingerprint density at radius 1 is 0.410 bits per heavy atom. The number of hydrogen-bond donors (Lipinski definition) is 0. The summed E-state index contributed by atoms with van der Waals surface area (Å²) in [5, 5.41) is 0. The standard InChI is InChI=1S/C38H72N/c1-3-5-7-9-11-13-15-17-18-19-21-23-25-27-29-31-35-39-36-32-34-38(37-39)33-30-28-26-24-22-20-16-14-12-10-8-6-4-2/h32,34,36-37H,3-31,33,35H2,1-2H3/q+1. The fraction of sp³-hybridized carbons (Fsp3) is 0.868. The van der Waals surface area contributed by atoms with Crippen molar-refractivity contribution in [1.82, 2.24) is 0 Å². The minimum absolute atomic E-state index is 1.20. The molecule has 0 fully saturated rings. The second-order valence-corrected chi connectivity index (χ2v) is 12.7. The van der Waals surface area contributed by atoms with Gasteiger partial charge in [-0.05, 0) is 25.3 Å². The third kappa shape index (κ3) is 25.8. The van der Waals surface area contributed by atoms with Crippen molar-refractivity contribution in [2.24, 2.45) is 0 Å². The molecule has 1 heterocycles. The lowest BCUT2D eigenvalue weighted by molar-refractivity contribution is -0.697. The van der Waals surface area contributed by atoms with E-state index in [1.54, 1.807) is 0 Å². The molecule has 0 spiro atoms. The Labute approximate surface area is 247 Å². The highest BCUT2D eigenvalue weighted by Gasteiger charge is 2.03. The molecular weight excluding hydrogens is 470 g/mol. The van der Waals surface area contributed by atoms with E-state index in [4.69, 9.17) is 0 Å². The smallest absolute Gasteiger partial charge is 0.171 e.